The summed E-state index contributed by atoms with van der Waals surface area (Å²) in [6.07, 6.45) is 0.157. The van der Waals surface area contributed by atoms with Crippen molar-refractivity contribution in [2.75, 3.05) is 6.61 Å². The summed E-state index contributed by atoms with van der Waals surface area (Å²) in [5, 5.41) is 11.1. The highest BCUT2D eigenvalue weighted by atomic mass is 31.3. The van der Waals surface area contributed by atoms with Gasteiger partial charge in [-0.3, -0.25) is 18.9 Å². The van der Waals surface area contributed by atoms with E-state index in [2.05, 4.69) is 33.5 Å². The smallest absolute Gasteiger partial charge is 0.350 e. The van der Waals surface area contributed by atoms with Gasteiger partial charge in [-0.2, -0.15) is 13.4 Å². The second kappa shape index (κ2) is 9.40. The molecule has 0 aromatic carbocycles. The maximum absolute atomic E-state index is 12.2. The molecular formula is C11H17N6O13P3. The Bertz CT molecular complexity index is 1250. The molecule has 0 bridgehead atoms. The van der Waals surface area contributed by atoms with Crippen LogP contribution in [0.1, 0.15) is 24.3 Å². The molecule has 0 spiro atoms. The molecule has 2 aromatic heterocycles. The number of phosphoric acid groups is 3. The molecule has 1 aliphatic rings. The van der Waals surface area contributed by atoms with Gasteiger partial charge in [0.25, 0.3) is 5.56 Å². The number of tetrazole rings is 1. The Labute approximate surface area is 182 Å². The molecule has 0 amide bonds. The van der Waals surface area contributed by atoms with E-state index in [9.17, 15) is 33.1 Å². The normalized spacial score (nSPS) is 24.9. The van der Waals surface area contributed by atoms with Crippen molar-refractivity contribution in [3.8, 4) is 0 Å². The number of aromatic amines is 1. The number of nitrogens with zero attached hydrogens (tertiary/aromatic N) is 5. The van der Waals surface area contributed by atoms with E-state index in [4.69, 9.17) is 14.5 Å². The summed E-state index contributed by atoms with van der Waals surface area (Å²) in [6, 6.07) is -0.830. The first-order valence-electron chi connectivity index (χ1n) is 8.64. The standard InChI is InChI=1S/C11H17N6O13P3/c1-6-3-16(11(19)14-10(6)18)9-2-7(17-13-5-12-15-17)8(28-9)4-27-32(23,24)30-33(25,26)29-31(20,21)22/h3,5,7-9H,2,4H2,1H3,(H,23,24)(H,25,26)(H,14,18,19)(H2,20,21,22)/t7?,8-,9-/m1/s1. The minimum atomic E-state index is -5.70. The number of hydrogen-bond acceptors (Lipinski definition) is 12. The Kier molecular flexibility index (Phi) is 7.33. The minimum absolute atomic E-state index is 0.00613. The van der Waals surface area contributed by atoms with Crippen LogP contribution in [0, 0.1) is 6.92 Å². The molecule has 0 aliphatic carbocycles. The number of rotatable bonds is 9. The van der Waals surface area contributed by atoms with Gasteiger partial charge in [0, 0.05) is 18.2 Å². The molecule has 5 atom stereocenters. The highest BCUT2D eigenvalue weighted by Crippen LogP contribution is 2.66. The van der Waals surface area contributed by atoms with Gasteiger partial charge in [0.15, 0.2) is 6.33 Å². The molecule has 33 heavy (non-hydrogen) atoms. The Balaban J connectivity index is 1.78. The van der Waals surface area contributed by atoms with Crippen molar-refractivity contribution in [3.63, 3.8) is 0 Å². The summed E-state index contributed by atoms with van der Waals surface area (Å²) in [5.41, 5.74) is -1.20. The van der Waals surface area contributed by atoms with Gasteiger partial charge >= 0.3 is 29.2 Å². The molecule has 19 nitrogen and oxygen atoms in total. The van der Waals surface area contributed by atoms with Crippen LogP contribution in [0.25, 0.3) is 0 Å². The Morgan fingerprint density at radius 2 is 1.88 bits per heavy atom. The third-order valence-electron chi connectivity index (χ3n) is 4.14. The second-order valence-corrected chi connectivity index (χ2v) is 11.0. The lowest BCUT2D eigenvalue weighted by Crippen LogP contribution is -2.33. The van der Waals surface area contributed by atoms with Crippen LogP contribution < -0.4 is 11.2 Å². The highest BCUT2D eigenvalue weighted by molar-refractivity contribution is 7.66. The predicted octanol–water partition coefficient (Wildman–Crippen LogP) is -1.30. The molecule has 3 unspecified atom stereocenters. The molecule has 1 fully saturated rings. The van der Waals surface area contributed by atoms with Crippen LogP contribution in [0.3, 0.4) is 0 Å². The second-order valence-electron chi connectivity index (χ2n) is 6.55. The van der Waals surface area contributed by atoms with Crippen molar-refractivity contribution in [2.45, 2.75) is 31.7 Å². The van der Waals surface area contributed by atoms with Gasteiger partial charge in [0.05, 0.1) is 6.61 Å². The zero-order chi connectivity index (χ0) is 24.6. The van der Waals surface area contributed by atoms with Crippen molar-refractivity contribution in [1.29, 1.82) is 0 Å². The molecular weight excluding hydrogens is 517 g/mol. The van der Waals surface area contributed by atoms with Crippen molar-refractivity contribution in [1.82, 2.24) is 29.8 Å². The van der Waals surface area contributed by atoms with Crippen molar-refractivity contribution >= 4 is 23.5 Å². The Hall–Kier alpha value is -1.88. The van der Waals surface area contributed by atoms with Crippen LogP contribution in [0.5, 0.6) is 0 Å². The average molecular weight is 534 g/mol. The number of aryl methyl sites for hydroxylation is 1. The van der Waals surface area contributed by atoms with Crippen molar-refractivity contribution in [2.24, 2.45) is 0 Å². The minimum Gasteiger partial charge on any atom is -0.350 e. The zero-order valence-electron chi connectivity index (χ0n) is 16.3. The summed E-state index contributed by atoms with van der Waals surface area (Å²) in [6.45, 7) is 0.649. The summed E-state index contributed by atoms with van der Waals surface area (Å²) >= 11 is 0. The van der Waals surface area contributed by atoms with E-state index in [-0.39, 0.29) is 12.0 Å². The molecule has 0 saturated carbocycles. The molecule has 3 rings (SSSR count). The van der Waals surface area contributed by atoms with Crippen LogP contribution in [0.2, 0.25) is 0 Å². The van der Waals surface area contributed by atoms with Gasteiger partial charge < -0.3 is 24.3 Å². The SMILES string of the molecule is Cc1cn([C@H]2CC(n3ncnn3)[C@@H](COP(=O)(O)OP(=O)(O)OP(=O)(O)O)O2)c(=O)[nH]c1=O. The fourth-order valence-electron chi connectivity index (χ4n) is 2.88. The molecule has 184 valence electrons. The first-order valence-corrected chi connectivity index (χ1v) is 13.2. The van der Waals surface area contributed by atoms with E-state index in [0.29, 0.717) is 0 Å². The highest BCUT2D eigenvalue weighted by Gasteiger charge is 2.44. The quantitative estimate of drug-likeness (QED) is 0.234. The monoisotopic (exact) mass is 534 g/mol. The van der Waals surface area contributed by atoms with Gasteiger partial charge in [-0.1, -0.05) is 0 Å². The van der Waals surface area contributed by atoms with Crippen molar-refractivity contribution in [3.05, 3.63) is 38.9 Å². The summed E-state index contributed by atoms with van der Waals surface area (Å²) in [4.78, 5) is 62.9. The maximum atomic E-state index is 12.2. The summed E-state index contributed by atoms with van der Waals surface area (Å²) < 4.78 is 52.8. The van der Waals surface area contributed by atoms with Crippen LogP contribution in [-0.2, 0) is 31.6 Å². The van der Waals surface area contributed by atoms with Crippen LogP contribution in [0.15, 0.2) is 22.1 Å². The third kappa shape index (κ3) is 6.81. The number of hydrogen-bond donors (Lipinski definition) is 5. The van der Waals surface area contributed by atoms with E-state index in [1.165, 1.54) is 13.1 Å². The fraction of sp³-hybridized carbons (Fsp3) is 0.545. The number of nitrogens with one attached hydrogen (secondary N) is 1. The predicted molar refractivity (Wildman–Crippen MR) is 101 cm³/mol. The first kappa shape index (κ1) is 25.7. The number of aromatic nitrogens is 6. The van der Waals surface area contributed by atoms with Crippen molar-refractivity contribution < 1.29 is 51.2 Å². The lowest BCUT2D eigenvalue weighted by Gasteiger charge is -2.20. The van der Waals surface area contributed by atoms with E-state index in [1.54, 1.807) is 0 Å². The van der Waals surface area contributed by atoms with Gasteiger partial charge in [-0.15, -0.1) is 10.2 Å². The first-order chi connectivity index (χ1) is 15.2. The van der Waals surface area contributed by atoms with Gasteiger partial charge in [-0.05, 0) is 12.1 Å². The maximum Gasteiger partial charge on any atom is 0.490 e. The molecule has 5 N–H and O–H groups in total. The zero-order valence-corrected chi connectivity index (χ0v) is 19.0. The Morgan fingerprint density at radius 1 is 1.18 bits per heavy atom. The lowest BCUT2D eigenvalue weighted by atomic mass is 10.1. The third-order valence-corrected chi connectivity index (χ3v) is 7.94. The van der Waals surface area contributed by atoms with Crippen LogP contribution in [0.4, 0.5) is 0 Å². The molecule has 1 saturated heterocycles. The number of phosphoric ester groups is 1. The lowest BCUT2D eigenvalue weighted by molar-refractivity contribution is -0.0327. The molecule has 2 aromatic rings. The molecule has 22 heteroatoms. The fourth-order valence-corrected chi connectivity index (χ4v) is 5.91. The summed E-state index contributed by atoms with van der Waals surface area (Å²) in [5.74, 6) is 0. The van der Waals surface area contributed by atoms with E-state index in [1.807, 2.05) is 0 Å². The molecule has 0 radical (unpaired) electrons. The van der Waals surface area contributed by atoms with Gasteiger partial charge in [0.2, 0.25) is 0 Å². The van der Waals surface area contributed by atoms with E-state index >= 15 is 0 Å². The van der Waals surface area contributed by atoms with Gasteiger partial charge in [0.1, 0.15) is 18.4 Å². The van der Waals surface area contributed by atoms with Crippen LogP contribution in [-0.4, -0.2) is 62.0 Å². The number of ether oxygens (including phenoxy) is 1. The molecule has 3 heterocycles. The number of H-pyrrole nitrogens is 1. The molecule has 1 aliphatic heterocycles. The Morgan fingerprint density at radius 3 is 2.48 bits per heavy atom. The van der Waals surface area contributed by atoms with Crippen LogP contribution >= 0.6 is 23.5 Å². The van der Waals surface area contributed by atoms with E-state index < -0.39 is 59.7 Å². The summed E-state index contributed by atoms with van der Waals surface area (Å²) in [7, 11) is -16.7. The largest absolute Gasteiger partial charge is 0.490 e. The van der Waals surface area contributed by atoms with Gasteiger partial charge in [-0.25, -0.2) is 18.5 Å². The topological polar surface area (TPSA) is 268 Å². The van der Waals surface area contributed by atoms with E-state index in [0.717, 1.165) is 15.7 Å². The average Bonchev–Trinajstić information content (AvgIpc) is 3.29.